The molecule has 4 aliphatic rings. The van der Waals surface area contributed by atoms with E-state index in [9.17, 15) is 0 Å². The number of aromatic nitrogens is 2. The number of methoxy groups -OCH3 is 3. The summed E-state index contributed by atoms with van der Waals surface area (Å²) in [4.78, 5) is 14.2. The van der Waals surface area contributed by atoms with Gasteiger partial charge in [-0.25, -0.2) is 4.98 Å². The molecule has 0 spiro atoms. The minimum atomic E-state index is 0.115. The minimum absolute atomic E-state index is 0.115. The first-order valence-electron chi connectivity index (χ1n) is 12.1. The van der Waals surface area contributed by atoms with Gasteiger partial charge in [0.2, 0.25) is 11.7 Å². The van der Waals surface area contributed by atoms with E-state index >= 15 is 0 Å². The van der Waals surface area contributed by atoms with Gasteiger partial charge < -0.3 is 25.3 Å². The second-order valence-electron chi connectivity index (χ2n) is 10.3. The summed E-state index contributed by atoms with van der Waals surface area (Å²) in [6.45, 7) is 2.02. The molecule has 0 aliphatic heterocycles. The molecule has 8 heteroatoms. The van der Waals surface area contributed by atoms with Crippen LogP contribution in [0, 0.1) is 17.8 Å². The molecule has 182 valence electrons. The number of anilines is 2. The molecular formula is C26H35N5O3. The molecule has 8 nitrogen and oxygen atoms in total. The molecule has 3 N–H and O–H groups in total. The Morgan fingerprint density at radius 1 is 1.03 bits per heavy atom. The molecule has 1 heterocycles. The van der Waals surface area contributed by atoms with Gasteiger partial charge in [0, 0.05) is 18.2 Å². The molecule has 1 aromatic heterocycles. The van der Waals surface area contributed by atoms with E-state index in [0.717, 1.165) is 34.7 Å². The molecule has 0 amide bonds. The molecule has 0 unspecified atom stereocenters. The lowest BCUT2D eigenvalue weighted by molar-refractivity contribution is 0.00166. The largest absolute Gasteiger partial charge is 0.493 e. The van der Waals surface area contributed by atoms with Gasteiger partial charge in [0.1, 0.15) is 11.7 Å². The monoisotopic (exact) mass is 465 g/mol. The smallest absolute Gasteiger partial charge is 0.230 e. The van der Waals surface area contributed by atoms with Crippen LogP contribution in [0.15, 0.2) is 23.3 Å². The van der Waals surface area contributed by atoms with Gasteiger partial charge in [-0.2, -0.15) is 4.98 Å². The van der Waals surface area contributed by atoms with Gasteiger partial charge in [-0.15, -0.1) is 0 Å². The molecule has 4 bridgehead atoms. The molecular weight excluding hydrogens is 430 g/mol. The minimum Gasteiger partial charge on any atom is -0.493 e. The topological polar surface area (TPSA) is 104 Å². The zero-order valence-corrected chi connectivity index (χ0v) is 20.6. The fraction of sp³-hybridized carbons (Fsp3) is 0.577. The quantitative estimate of drug-likeness (QED) is 0.459. The zero-order valence-electron chi connectivity index (χ0n) is 20.6. The predicted molar refractivity (Wildman–Crippen MR) is 133 cm³/mol. The van der Waals surface area contributed by atoms with Crippen molar-refractivity contribution in [2.24, 2.45) is 22.7 Å². The highest BCUT2D eigenvalue weighted by Crippen LogP contribution is 2.57. The van der Waals surface area contributed by atoms with E-state index in [0.29, 0.717) is 35.4 Å². The first-order valence-corrected chi connectivity index (χ1v) is 12.1. The number of benzene rings is 1. The Balaban J connectivity index is 1.30. The highest BCUT2D eigenvalue weighted by Gasteiger charge is 2.51. The molecule has 6 rings (SSSR count). The third-order valence-electron chi connectivity index (χ3n) is 7.72. The highest BCUT2D eigenvalue weighted by molar-refractivity contribution is 5.92. The van der Waals surface area contributed by atoms with E-state index in [1.54, 1.807) is 27.5 Å². The maximum Gasteiger partial charge on any atom is 0.230 e. The van der Waals surface area contributed by atoms with Crippen LogP contribution in [0.5, 0.6) is 17.2 Å². The molecule has 1 aromatic carbocycles. The van der Waals surface area contributed by atoms with E-state index in [4.69, 9.17) is 24.9 Å². The summed E-state index contributed by atoms with van der Waals surface area (Å²) in [6.07, 6.45) is 10.2. The van der Waals surface area contributed by atoms with E-state index in [2.05, 4.69) is 15.3 Å². The Kier molecular flexibility index (Phi) is 6.00. The molecule has 4 saturated carbocycles. The number of rotatable bonds is 7. The van der Waals surface area contributed by atoms with Crippen molar-refractivity contribution < 1.29 is 14.2 Å². The molecule has 34 heavy (non-hydrogen) atoms. The zero-order chi connectivity index (χ0) is 23.9. The van der Waals surface area contributed by atoms with Gasteiger partial charge in [0.25, 0.3) is 0 Å². The van der Waals surface area contributed by atoms with Crippen molar-refractivity contribution in [1.82, 2.24) is 9.97 Å². The maximum atomic E-state index is 6.31. The second kappa shape index (κ2) is 8.96. The van der Waals surface area contributed by atoms with Crippen LogP contribution in [0.4, 0.5) is 11.8 Å². The Hall–Kier alpha value is -3.03. The summed E-state index contributed by atoms with van der Waals surface area (Å²) in [5, 5.41) is 3.29. The number of nitrogens with two attached hydrogens (primary N) is 1. The van der Waals surface area contributed by atoms with Crippen molar-refractivity contribution in [3.8, 4) is 17.2 Å². The summed E-state index contributed by atoms with van der Waals surface area (Å²) in [7, 11) is 4.80. The Morgan fingerprint density at radius 2 is 1.62 bits per heavy atom. The lowest BCUT2D eigenvalue weighted by atomic mass is 9.53. The molecule has 2 aromatic rings. The molecule has 4 fully saturated rings. The standard InChI is InChI=1S/C26H35N5O3/c1-15(31-26-11-17-5-18(12-26)7-19(6-17)13-26)29-25-28-14-20(24(27)30-25)8-16-9-21(32-2)23(34-4)22(10-16)33-3/h9-10,14,17-19H,5-8,11-13H2,1-4H3,(H3,27,28,29,30,31). The van der Waals surface area contributed by atoms with Gasteiger partial charge in [0.05, 0.1) is 26.9 Å². The number of hydrogen-bond acceptors (Lipinski definition) is 7. The molecule has 0 saturated heterocycles. The summed E-state index contributed by atoms with van der Waals surface area (Å²) < 4.78 is 16.3. The van der Waals surface area contributed by atoms with Crippen molar-refractivity contribution in [2.75, 3.05) is 32.4 Å². The fourth-order valence-corrected chi connectivity index (χ4v) is 6.82. The number of nitrogen functional groups attached to an aromatic ring is 1. The molecule has 4 aliphatic carbocycles. The van der Waals surface area contributed by atoms with E-state index in [-0.39, 0.29) is 5.54 Å². The van der Waals surface area contributed by atoms with Crippen LogP contribution in [0.3, 0.4) is 0 Å². The SMILES string of the molecule is COc1cc(Cc2cnc(N/C(C)=N/C34CC5CC(CC(C5)C3)C4)nc2N)cc(OC)c1OC. The second-order valence-corrected chi connectivity index (χ2v) is 10.3. The van der Waals surface area contributed by atoms with Crippen molar-refractivity contribution in [3.63, 3.8) is 0 Å². The summed E-state index contributed by atoms with van der Waals surface area (Å²) in [5.74, 6) is 6.16. The third-order valence-corrected chi connectivity index (χ3v) is 7.72. The lowest BCUT2D eigenvalue weighted by Crippen LogP contribution is -2.50. The van der Waals surface area contributed by atoms with Gasteiger partial charge in [-0.05, 0) is 80.9 Å². The van der Waals surface area contributed by atoms with Crippen molar-refractivity contribution in [3.05, 3.63) is 29.5 Å². The van der Waals surface area contributed by atoms with Crippen molar-refractivity contribution in [1.29, 1.82) is 0 Å². The van der Waals surface area contributed by atoms with Crippen LogP contribution in [0.25, 0.3) is 0 Å². The summed E-state index contributed by atoms with van der Waals surface area (Å²) in [5.41, 5.74) is 8.22. The third kappa shape index (κ3) is 4.38. The summed E-state index contributed by atoms with van der Waals surface area (Å²) in [6, 6.07) is 3.82. The number of aliphatic imine (C=N–C) groups is 1. The summed E-state index contributed by atoms with van der Waals surface area (Å²) >= 11 is 0. The Labute approximate surface area is 201 Å². The van der Waals surface area contributed by atoms with Crippen LogP contribution in [-0.2, 0) is 6.42 Å². The van der Waals surface area contributed by atoms with E-state index in [1.165, 1.54) is 38.5 Å². The number of nitrogens with zero attached hydrogens (tertiary/aromatic N) is 3. The Morgan fingerprint density at radius 3 is 2.12 bits per heavy atom. The van der Waals surface area contributed by atoms with Crippen LogP contribution in [0.1, 0.15) is 56.6 Å². The number of nitrogens with one attached hydrogen (secondary N) is 1. The highest BCUT2D eigenvalue weighted by atomic mass is 16.5. The van der Waals surface area contributed by atoms with Gasteiger partial charge >= 0.3 is 0 Å². The van der Waals surface area contributed by atoms with Crippen LogP contribution >= 0.6 is 0 Å². The van der Waals surface area contributed by atoms with Crippen molar-refractivity contribution in [2.45, 2.75) is 57.4 Å². The van der Waals surface area contributed by atoms with Gasteiger partial charge in [0.15, 0.2) is 11.5 Å². The van der Waals surface area contributed by atoms with E-state index in [1.807, 2.05) is 19.1 Å². The first-order chi connectivity index (χ1) is 16.4. The van der Waals surface area contributed by atoms with Crippen molar-refractivity contribution >= 4 is 17.6 Å². The average Bonchev–Trinajstić information content (AvgIpc) is 2.78. The number of hydrogen-bond donors (Lipinski definition) is 2. The van der Waals surface area contributed by atoms with Gasteiger partial charge in [-0.3, -0.25) is 4.99 Å². The molecule has 0 radical (unpaired) electrons. The van der Waals surface area contributed by atoms with E-state index < -0.39 is 0 Å². The predicted octanol–water partition coefficient (Wildman–Crippen LogP) is 4.47. The normalized spacial score (nSPS) is 27.5. The number of amidine groups is 1. The average molecular weight is 466 g/mol. The lowest BCUT2D eigenvalue weighted by Gasteiger charge is -2.55. The van der Waals surface area contributed by atoms with Crippen LogP contribution in [-0.4, -0.2) is 42.7 Å². The first kappa shape index (κ1) is 22.7. The number of ether oxygens (including phenoxy) is 3. The van der Waals surface area contributed by atoms with Crippen LogP contribution in [0.2, 0.25) is 0 Å². The van der Waals surface area contributed by atoms with Crippen LogP contribution < -0.4 is 25.3 Å². The van der Waals surface area contributed by atoms with Gasteiger partial charge in [-0.1, -0.05) is 0 Å². The molecule has 0 atom stereocenters. The Bertz CT molecular complexity index is 1040. The maximum absolute atomic E-state index is 6.31. The fourth-order valence-electron chi connectivity index (χ4n) is 6.82.